The Kier molecular flexibility index (Phi) is 4.38. The SMILES string of the molecule is CC(C)OC(=O)[C@H](C)[C@@H](N)C(F)(F)F. The summed E-state index contributed by atoms with van der Waals surface area (Å²) in [6.07, 6.45) is -5.01. The molecule has 2 N–H and O–H groups in total. The van der Waals surface area contributed by atoms with Gasteiger partial charge >= 0.3 is 12.1 Å². The Labute approximate surface area is 80.4 Å². The van der Waals surface area contributed by atoms with Gasteiger partial charge in [-0.3, -0.25) is 4.79 Å². The first-order chi connectivity index (χ1) is 6.16. The van der Waals surface area contributed by atoms with Crippen molar-refractivity contribution in [1.29, 1.82) is 0 Å². The van der Waals surface area contributed by atoms with Crippen LogP contribution in [-0.2, 0) is 9.53 Å². The summed E-state index contributed by atoms with van der Waals surface area (Å²) < 4.78 is 40.8. The maximum atomic E-state index is 12.1. The first-order valence-electron chi connectivity index (χ1n) is 4.19. The summed E-state index contributed by atoms with van der Waals surface area (Å²) in [6.45, 7) is 4.22. The van der Waals surface area contributed by atoms with Crippen molar-refractivity contribution in [1.82, 2.24) is 0 Å². The van der Waals surface area contributed by atoms with Crippen molar-refractivity contribution in [2.45, 2.75) is 39.1 Å². The monoisotopic (exact) mass is 213 g/mol. The number of alkyl halides is 3. The van der Waals surface area contributed by atoms with Gasteiger partial charge < -0.3 is 10.5 Å². The quantitative estimate of drug-likeness (QED) is 0.722. The Morgan fingerprint density at radius 3 is 2.00 bits per heavy atom. The summed E-state index contributed by atoms with van der Waals surface area (Å²) in [7, 11) is 0. The lowest BCUT2D eigenvalue weighted by molar-refractivity contribution is -0.176. The normalized spacial score (nSPS) is 16.6. The number of hydrogen-bond donors (Lipinski definition) is 1. The van der Waals surface area contributed by atoms with E-state index >= 15 is 0 Å². The van der Waals surface area contributed by atoms with Gasteiger partial charge in [0.25, 0.3) is 0 Å². The summed E-state index contributed by atoms with van der Waals surface area (Å²) in [5, 5.41) is 0. The second kappa shape index (κ2) is 4.63. The van der Waals surface area contributed by atoms with Crippen molar-refractivity contribution in [2.75, 3.05) is 0 Å². The van der Waals surface area contributed by atoms with Gasteiger partial charge in [0.05, 0.1) is 12.0 Å². The number of hydrogen-bond acceptors (Lipinski definition) is 3. The first kappa shape index (κ1) is 13.2. The molecule has 0 amide bonds. The number of carbonyl (C=O) groups is 1. The largest absolute Gasteiger partial charge is 0.463 e. The van der Waals surface area contributed by atoms with E-state index < -0.39 is 30.2 Å². The van der Waals surface area contributed by atoms with E-state index in [1.165, 1.54) is 0 Å². The molecule has 14 heavy (non-hydrogen) atoms. The first-order valence-corrected chi connectivity index (χ1v) is 4.19. The van der Waals surface area contributed by atoms with Crippen LogP contribution in [0.3, 0.4) is 0 Å². The van der Waals surface area contributed by atoms with Crippen LogP contribution in [0.1, 0.15) is 20.8 Å². The topological polar surface area (TPSA) is 52.3 Å². The molecule has 0 radical (unpaired) electrons. The van der Waals surface area contributed by atoms with Gasteiger partial charge in [-0.2, -0.15) is 13.2 Å². The minimum atomic E-state index is -4.57. The highest BCUT2D eigenvalue weighted by Gasteiger charge is 2.43. The van der Waals surface area contributed by atoms with Crippen molar-refractivity contribution in [3.8, 4) is 0 Å². The molecular formula is C8H14F3NO2. The lowest BCUT2D eigenvalue weighted by Gasteiger charge is -2.21. The van der Waals surface area contributed by atoms with E-state index in [4.69, 9.17) is 5.73 Å². The third-order valence-electron chi connectivity index (χ3n) is 1.64. The molecular weight excluding hydrogens is 199 g/mol. The fourth-order valence-corrected chi connectivity index (χ4v) is 0.770. The lowest BCUT2D eigenvalue weighted by atomic mass is 10.0. The van der Waals surface area contributed by atoms with Crippen LogP contribution in [0.2, 0.25) is 0 Å². The van der Waals surface area contributed by atoms with Gasteiger partial charge in [0.2, 0.25) is 0 Å². The van der Waals surface area contributed by atoms with Gasteiger partial charge in [-0.05, 0) is 13.8 Å². The second-order valence-electron chi connectivity index (χ2n) is 3.34. The second-order valence-corrected chi connectivity index (χ2v) is 3.34. The molecule has 0 aliphatic rings. The highest BCUT2D eigenvalue weighted by molar-refractivity contribution is 5.73. The minimum absolute atomic E-state index is 0.439. The zero-order chi connectivity index (χ0) is 11.5. The molecule has 0 aromatic heterocycles. The van der Waals surface area contributed by atoms with Crippen molar-refractivity contribution < 1.29 is 22.7 Å². The molecule has 2 atom stereocenters. The predicted molar refractivity (Wildman–Crippen MR) is 44.4 cm³/mol. The molecule has 0 heterocycles. The van der Waals surface area contributed by atoms with Crippen LogP contribution in [0.4, 0.5) is 13.2 Å². The van der Waals surface area contributed by atoms with E-state index in [-0.39, 0.29) is 0 Å². The molecule has 0 spiro atoms. The molecule has 3 nitrogen and oxygen atoms in total. The number of halogens is 3. The zero-order valence-electron chi connectivity index (χ0n) is 8.26. The Hall–Kier alpha value is -0.780. The van der Waals surface area contributed by atoms with Crippen LogP contribution in [0.15, 0.2) is 0 Å². The Morgan fingerprint density at radius 2 is 1.71 bits per heavy atom. The van der Waals surface area contributed by atoms with Crippen LogP contribution in [-0.4, -0.2) is 24.3 Å². The number of esters is 1. The number of nitrogens with two attached hydrogens (primary N) is 1. The molecule has 0 aliphatic heterocycles. The van der Waals surface area contributed by atoms with Crippen LogP contribution in [0.25, 0.3) is 0 Å². The van der Waals surface area contributed by atoms with E-state index in [9.17, 15) is 18.0 Å². The van der Waals surface area contributed by atoms with Crippen molar-refractivity contribution in [3.05, 3.63) is 0 Å². The predicted octanol–water partition coefficient (Wildman–Crippen LogP) is 1.46. The lowest BCUT2D eigenvalue weighted by Crippen LogP contribution is -2.46. The van der Waals surface area contributed by atoms with Crippen LogP contribution in [0.5, 0.6) is 0 Å². The third kappa shape index (κ3) is 3.95. The minimum Gasteiger partial charge on any atom is -0.463 e. The molecule has 0 aromatic carbocycles. The Balaban J connectivity index is 4.32. The van der Waals surface area contributed by atoms with Gasteiger partial charge in [0.15, 0.2) is 0 Å². The number of rotatable bonds is 3. The average molecular weight is 213 g/mol. The summed E-state index contributed by atoms with van der Waals surface area (Å²) in [4.78, 5) is 11.0. The zero-order valence-corrected chi connectivity index (χ0v) is 8.26. The summed E-state index contributed by atoms with van der Waals surface area (Å²) >= 11 is 0. The van der Waals surface area contributed by atoms with Crippen LogP contribution < -0.4 is 5.73 Å². The molecule has 0 saturated heterocycles. The maximum absolute atomic E-state index is 12.1. The Bertz CT molecular complexity index is 203. The van der Waals surface area contributed by atoms with Crippen molar-refractivity contribution in [3.63, 3.8) is 0 Å². The van der Waals surface area contributed by atoms with Gasteiger partial charge in [-0.25, -0.2) is 0 Å². The van der Waals surface area contributed by atoms with Crippen molar-refractivity contribution >= 4 is 5.97 Å². The fraction of sp³-hybridized carbons (Fsp3) is 0.875. The molecule has 0 saturated carbocycles. The fourth-order valence-electron chi connectivity index (χ4n) is 0.770. The summed E-state index contributed by atoms with van der Waals surface area (Å²) in [5.74, 6) is -2.30. The maximum Gasteiger partial charge on any atom is 0.404 e. The van der Waals surface area contributed by atoms with Crippen LogP contribution in [0, 0.1) is 5.92 Å². The molecule has 0 fully saturated rings. The van der Waals surface area contributed by atoms with Gasteiger partial charge in [-0.15, -0.1) is 0 Å². The highest BCUT2D eigenvalue weighted by atomic mass is 19.4. The van der Waals surface area contributed by atoms with E-state index in [0.717, 1.165) is 6.92 Å². The third-order valence-corrected chi connectivity index (χ3v) is 1.64. The van der Waals surface area contributed by atoms with Gasteiger partial charge in [-0.1, -0.05) is 6.92 Å². The van der Waals surface area contributed by atoms with E-state index in [1.807, 2.05) is 0 Å². The van der Waals surface area contributed by atoms with E-state index in [2.05, 4.69) is 4.74 Å². The molecule has 0 rings (SSSR count). The van der Waals surface area contributed by atoms with E-state index in [1.54, 1.807) is 13.8 Å². The molecule has 0 aliphatic carbocycles. The summed E-state index contributed by atoms with van der Waals surface area (Å²) in [5.41, 5.74) is 4.85. The van der Waals surface area contributed by atoms with Crippen LogP contribution >= 0.6 is 0 Å². The number of carbonyl (C=O) groups excluding carboxylic acids is 1. The summed E-state index contributed by atoms with van der Waals surface area (Å²) in [6, 6.07) is -2.17. The molecule has 0 aromatic rings. The average Bonchev–Trinajstić information content (AvgIpc) is 1.98. The molecule has 0 unspecified atom stereocenters. The van der Waals surface area contributed by atoms with Crippen molar-refractivity contribution in [2.24, 2.45) is 11.7 Å². The standard InChI is InChI=1S/C8H14F3NO2/c1-4(2)14-7(13)5(3)6(12)8(9,10)11/h4-6H,12H2,1-3H3/t5-,6-/m1/s1. The number of ether oxygens (including phenoxy) is 1. The highest BCUT2D eigenvalue weighted by Crippen LogP contribution is 2.24. The smallest absolute Gasteiger partial charge is 0.404 e. The Morgan fingerprint density at radius 1 is 1.29 bits per heavy atom. The molecule has 84 valence electrons. The van der Waals surface area contributed by atoms with Gasteiger partial charge in [0.1, 0.15) is 6.04 Å². The molecule has 0 bridgehead atoms. The molecule has 6 heteroatoms. The van der Waals surface area contributed by atoms with Gasteiger partial charge in [0, 0.05) is 0 Å². The van der Waals surface area contributed by atoms with E-state index in [0.29, 0.717) is 0 Å².